The van der Waals surface area contributed by atoms with E-state index in [1.54, 1.807) is 11.4 Å². The first-order valence-electron chi connectivity index (χ1n) is 11.2. The maximum absolute atomic E-state index is 13.7. The molecule has 1 aliphatic rings. The number of nitriles is 1. The Kier molecular flexibility index (Phi) is 3.45. The molecule has 136 valence electrons. The lowest BCUT2D eigenvalue weighted by Gasteiger charge is -2.27. The Bertz CT molecular complexity index is 1250. The molecule has 2 aromatic carbocycles. The molecule has 0 aliphatic carbocycles. The molecular weight excluding hydrogens is 393 g/mol. The standard InChI is InChI=1S/C18H17Cl2N3O2S/c19-16-8-14(9-17(20)11-16)7-15-2-1-13(12-21)10-18(15)26(24,25)23-5-3-22-4-6-23/h1-2,8-11,22H,3-7H2/i3D2,4D2,5D2,6D2. The van der Waals surface area contributed by atoms with Crippen molar-refractivity contribution in [2.24, 2.45) is 0 Å². The van der Waals surface area contributed by atoms with Crippen molar-refractivity contribution < 1.29 is 19.4 Å². The predicted molar refractivity (Wildman–Crippen MR) is 102 cm³/mol. The van der Waals surface area contributed by atoms with Crippen LogP contribution in [0.4, 0.5) is 0 Å². The van der Waals surface area contributed by atoms with Crippen LogP contribution in [0.25, 0.3) is 0 Å². The van der Waals surface area contributed by atoms with Crippen LogP contribution in [0.15, 0.2) is 41.3 Å². The third kappa shape index (κ3) is 4.20. The van der Waals surface area contributed by atoms with Crippen molar-refractivity contribution in [2.75, 3.05) is 26.0 Å². The minimum atomic E-state index is -5.28. The first-order valence-corrected chi connectivity index (χ1v) is 9.39. The first kappa shape index (κ1) is 11.3. The monoisotopic (exact) mass is 417 g/mol. The summed E-state index contributed by atoms with van der Waals surface area (Å²) in [7, 11) is -5.28. The number of hydrogen-bond acceptors (Lipinski definition) is 4. The fourth-order valence-corrected chi connectivity index (χ4v) is 4.23. The van der Waals surface area contributed by atoms with Gasteiger partial charge in [-0.1, -0.05) is 29.3 Å². The summed E-state index contributed by atoms with van der Waals surface area (Å²) in [6.07, 6.45) is -0.127. The number of hydrogen-bond donors (Lipinski definition) is 1. The quantitative estimate of drug-likeness (QED) is 0.829. The van der Waals surface area contributed by atoms with Gasteiger partial charge in [0.15, 0.2) is 0 Å². The highest BCUT2D eigenvalue weighted by Crippen LogP contribution is 2.27. The number of nitrogens with zero attached hydrogens (tertiary/aromatic N) is 2. The molecule has 8 heteroatoms. The first-order chi connectivity index (χ1) is 15.4. The van der Waals surface area contributed by atoms with Gasteiger partial charge in [0, 0.05) is 47.0 Å². The van der Waals surface area contributed by atoms with Crippen LogP contribution >= 0.6 is 23.2 Å². The van der Waals surface area contributed by atoms with Gasteiger partial charge in [0.2, 0.25) is 10.0 Å². The van der Waals surface area contributed by atoms with Gasteiger partial charge < -0.3 is 5.32 Å². The summed E-state index contributed by atoms with van der Waals surface area (Å²) in [6.45, 7) is -13.8. The van der Waals surface area contributed by atoms with Crippen molar-refractivity contribution in [3.05, 3.63) is 63.1 Å². The zero-order valence-corrected chi connectivity index (χ0v) is 15.4. The molecule has 2 aromatic rings. The topological polar surface area (TPSA) is 73.2 Å². The summed E-state index contributed by atoms with van der Waals surface area (Å²) >= 11 is 12.0. The Morgan fingerprint density at radius 1 is 1.15 bits per heavy atom. The second-order valence-corrected chi connectivity index (χ2v) is 7.88. The number of piperazine rings is 1. The van der Waals surface area contributed by atoms with Gasteiger partial charge in [-0.05, 0) is 47.9 Å². The molecule has 1 heterocycles. The van der Waals surface area contributed by atoms with Crippen molar-refractivity contribution >= 4 is 33.2 Å². The van der Waals surface area contributed by atoms with Gasteiger partial charge in [-0.15, -0.1) is 0 Å². The van der Waals surface area contributed by atoms with E-state index in [4.69, 9.17) is 34.2 Å². The van der Waals surface area contributed by atoms with Crippen molar-refractivity contribution in [3.63, 3.8) is 0 Å². The number of rotatable bonds is 4. The lowest BCUT2D eigenvalue weighted by Crippen LogP contribution is -2.46. The average Bonchev–Trinajstić information content (AvgIpc) is 2.64. The lowest BCUT2D eigenvalue weighted by atomic mass is 10.0. The molecule has 0 radical (unpaired) electrons. The molecule has 0 spiro atoms. The van der Waals surface area contributed by atoms with Crippen LogP contribution < -0.4 is 5.32 Å². The third-order valence-corrected chi connectivity index (χ3v) is 5.51. The Morgan fingerprint density at radius 2 is 1.81 bits per heavy atom. The second kappa shape index (κ2) is 7.95. The summed E-state index contributed by atoms with van der Waals surface area (Å²) in [6, 6.07) is 9.69. The summed E-state index contributed by atoms with van der Waals surface area (Å²) in [4.78, 5) is -0.691. The van der Waals surface area contributed by atoms with E-state index in [9.17, 15) is 13.7 Å². The van der Waals surface area contributed by atoms with E-state index >= 15 is 0 Å². The van der Waals surface area contributed by atoms with Gasteiger partial charge in [0.1, 0.15) is 0 Å². The highest BCUT2D eigenvalue weighted by Gasteiger charge is 2.28. The highest BCUT2D eigenvalue weighted by molar-refractivity contribution is 7.89. The predicted octanol–water partition coefficient (Wildman–Crippen LogP) is 3.05. The molecule has 1 N–H and O–H groups in total. The van der Waals surface area contributed by atoms with E-state index < -0.39 is 45.2 Å². The summed E-state index contributed by atoms with van der Waals surface area (Å²) in [5, 5.41) is 11.4. The number of sulfonamides is 1. The number of benzene rings is 2. The maximum atomic E-state index is 13.7. The molecule has 1 fully saturated rings. The molecule has 0 atom stereocenters. The molecule has 0 amide bonds. The van der Waals surface area contributed by atoms with Crippen molar-refractivity contribution in [3.8, 4) is 6.07 Å². The normalized spacial score (nSPS) is 27.9. The lowest BCUT2D eigenvalue weighted by molar-refractivity contribution is 0.360. The summed E-state index contributed by atoms with van der Waals surface area (Å²) < 4.78 is 91.1. The Hall–Kier alpha value is -1.62. The molecule has 5 nitrogen and oxygen atoms in total. The van der Waals surface area contributed by atoms with Crippen LogP contribution in [0.5, 0.6) is 0 Å². The van der Waals surface area contributed by atoms with Gasteiger partial charge in [-0.25, -0.2) is 8.42 Å². The average molecular weight is 418 g/mol. The largest absolute Gasteiger partial charge is 0.314 e. The molecule has 26 heavy (non-hydrogen) atoms. The molecule has 0 bridgehead atoms. The van der Waals surface area contributed by atoms with E-state index in [1.807, 2.05) is 0 Å². The van der Waals surface area contributed by atoms with Gasteiger partial charge in [-0.2, -0.15) is 9.57 Å². The van der Waals surface area contributed by atoms with Gasteiger partial charge >= 0.3 is 0 Å². The van der Waals surface area contributed by atoms with Crippen LogP contribution in [-0.2, 0) is 16.4 Å². The molecule has 0 saturated carbocycles. The third-order valence-electron chi connectivity index (χ3n) is 3.47. The SMILES string of the molecule is [2H]C1([2H])NC([2H])([2H])C([2H])([2H])N(S(=O)(=O)c2cc(C#N)ccc2Cc2cc(Cl)cc(Cl)c2)C1([2H])[2H]. The molecule has 0 unspecified atom stereocenters. The smallest absolute Gasteiger partial charge is 0.243 e. The van der Waals surface area contributed by atoms with E-state index in [1.165, 1.54) is 30.3 Å². The van der Waals surface area contributed by atoms with Gasteiger partial charge in [0.05, 0.1) is 16.5 Å². The zero-order chi connectivity index (χ0) is 25.9. The van der Waals surface area contributed by atoms with Crippen molar-refractivity contribution in [1.82, 2.24) is 9.62 Å². The van der Waals surface area contributed by atoms with Gasteiger partial charge in [0.25, 0.3) is 0 Å². The zero-order valence-electron chi connectivity index (χ0n) is 21.0. The highest BCUT2D eigenvalue weighted by atomic mass is 35.5. The van der Waals surface area contributed by atoms with Crippen LogP contribution in [0.1, 0.15) is 27.7 Å². The molecular formula is C18H17Cl2N3O2S. The van der Waals surface area contributed by atoms with E-state index in [2.05, 4.69) is 0 Å². The van der Waals surface area contributed by atoms with Crippen molar-refractivity contribution in [2.45, 2.75) is 11.3 Å². The minimum Gasteiger partial charge on any atom is -0.314 e. The van der Waals surface area contributed by atoms with Crippen LogP contribution in [0.3, 0.4) is 0 Å². The molecule has 0 aromatic heterocycles. The van der Waals surface area contributed by atoms with Crippen LogP contribution in [-0.4, -0.2) is 38.7 Å². The fourth-order valence-electron chi connectivity index (χ4n) is 2.38. The van der Waals surface area contributed by atoms with E-state index in [-0.39, 0.29) is 27.6 Å². The molecule has 1 saturated heterocycles. The molecule has 3 rings (SSSR count). The Morgan fingerprint density at radius 3 is 2.42 bits per heavy atom. The second-order valence-electron chi connectivity index (χ2n) is 5.26. The van der Waals surface area contributed by atoms with E-state index in [0.717, 1.165) is 6.07 Å². The van der Waals surface area contributed by atoms with Crippen molar-refractivity contribution in [1.29, 1.82) is 5.26 Å². The fraction of sp³-hybridized carbons (Fsp3) is 0.278. The van der Waals surface area contributed by atoms with Crippen LogP contribution in [0, 0.1) is 11.3 Å². The summed E-state index contributed by atoms with van der Waals surface area (Å²) in [5.74, 6) is 0. The number of halogens is 2. The number of nitrogens with one attached hydrogen (secondary N) is 1. The van der Waals surface area contributed by atoms with E-state index in [0.29, 0.717) is 5.56 Å². The summed E-state index contributed by atoms with van der Waals surface area (Å²) in [5.41, 5.74) is 0.313. The van der Waals surface area contributed by atoms with Crippen LogP contribution in [0.2, 0.25) is 10.0 Å². The maximum Gasteiger partial charge on any atom is 0.243 e. The molecule has 1 aliphatic heterocycles. The Labute approximate surface area is 174 Å². The Balaban J connectivity index is 2.27. The minimum absolute atomic E-state index is 0.00332. The van der Waals surface area contributed by atoms with Gasteiger partial charge in [-0.3, -0.25) is 0 Å².